The fraction of sp³-hybridized carbons (Fsp3) is 0.188. The van der Waals surface area contributed by atoms with Gasteiger partial charge in [-0.15, -0.1) is 0 Å². The lowest BCUT2D eigenvalue weighted by molar-refractivity contribution is 0.102. The number of anilines is 2. The Kier molecular flexibility index (Phi) is 4.52. The van der Waals surface area contributed by atoms with Crippen molar-refractivity contribution >= 4 is 17.3 Å². The summed E-state index contributed by atoms with van der Waals surface area (Å²) in [7, 11) is 0. The molecular weight excluding hydrogens is 274 g/mol. The predicted molar refractivity (Wildman–Crippen MR) is 79.7 cm³/mol. The van der Waals surface area contributed by atoms with Crippen molar-refractivity contribution in [1.82, 2.24) is 0 Å². The summed E-state index contributed by atoms with van der Waals surface area (Å²) in [6, 6.07) is 8.61. The molecule has 1 amide bonds. The highest BCUT2D eigenvalue weighted by Crippen LogP contribution is 2.18. The van der Waals surface area contributed by atoms with Crippen LogP contribution < -0.4 is 10.6 Å². The van der Waals surface area contributed by atoms with E-state index in [1.165, 1.54) is 6.07 Å². The Morgan fingerprint density at radius 1 is 1.05 bits per heavy atom. The molecule has 0 radical (unpaired) electrons. The van der Waals surface area contributed by atoms with E-state index in [2.05, 4.69) is 10.6 Å². The molecule has 0 saturated heterocycles. The molecule has 0 aliphatic rings. The summed E-state index contributed by atoms with van der Waals surface area (Å²) in [5, 5.41) is 5.71. The van der Waals surface area contributed by atoms with Gasteiger partial charge < -0.3 is 10.6 Å². The van der Waals surface area contributed by atoms with Gasteiger partial charge in [-0.25, -0.2) is 8.78 Å². The molecule has 3 nitrogen and oxygen atoms in total. The lowest BCUT2D eigenvalue weighted by Gasteiger charge is -2.10. The first kappa shape index (κ1) is 15.0. The molecule has 0 aliphatic heterocycles. The number of nitrogens with one attached hydrogen (secondary N) is 2. The number of halogens is 2. The van der Waals surface area contributed by atoms with E-state index in [0.29, 0.717) is 5.56 Å². The Bertz CT molecular complexity index is 671. The van der Waals surface area contributed by atoms with Crippen LogP contribution in [-0.4, -0.2) is 12.5 Å². The fourth-order valence-corrected chi connectivity index (χ4v) is 2.00. The summed E-state index contributed by atoms with van der Waals surface area (Å²) in [5.41, 5.74) is 2.43. The number of benzene rings is 2. The first-order valence-corrected chi connectivity index (χ1v) is 6.62. The van der Waals surface area contributed by atoms with Crippen molar-refractivity contribution in [1.29, 1.82) is 0 Å². The number of amides is 1. The Morgan fingerprint density at radius 3 is 2.38 bits per heavy atom. The van der Waals surface area contributed by atoms with E-state index >= 15 is 0 Å². The van der Waals surface area contributed by atoms with Crippen molar-refractivity contribution in [3.05, 3.63) is 59.2 Å². The van der Waals surface area contributed by atoms with Crippen LogP contribution in [0.2, 0.25) is 0 Å². The molecule has 2 rings (SSSR count). The molecule has 0 bridgehead atoms. The Morgan fingerprint density at radius 2 is 1.76 bits per heavy atom. The zero-order valence-electron chi connectivity index (χ0n) is 11.8. The van der Waals surface area contributed by atoms with Gasteiger partial charge in [-0.05, 0) is 49.7 Å². The highest BCUT2D eigenvalue weighted by atomic mass is 19.2. The van der Waals surface area contributed by atoms with Gasteiger partial charge in [0.25, 0.3) is 5.91 Å². The minimum atomic E-state index is -0.994. The van der Waals surface area contributed by atoms with Gasteiger partial charge in [0.15, 0.2) is 11.6 Å². The third-order valence-corrected chi connectivity index (χ3v) is 3.03. The standard InChI is InChI=1S/C16H16F2N2O/c1-3-19-11-4-6-13(10(2)8-11)16(21)20-12-5-7-14(17)15(18)9-12/h4-9,19H,3H2,1-2H3,(H,20,21). The van der Waals surface area contributed by atoms with Gasteiger partial charge in [0.1, 0.15) is 0 Å². The fourth-order valence-electron chi connectivity index (χ4n) is 2.00. The van der Waals surface area contributed by atoms with Crippen molar-refractivity contribution in [2.45, 2.75) is 13.8 Å². The smallest absolute Gasteiger partial charge is 0.255 e. The summed E-state index contributed by atoms with van der Waals surface area (Å²) in [5.74, 6) is -2.30. The molecule has 0 aromatic heterocycles. The van der Waals surface area contributed by atoms with Gasteiger partial charge in [0, 0.05) is 29.5 Å². The zero-order chi connectivity index (χ0) is 15.4. The first-order valence-electron chi connectivity index (χ1n) is 6.62. The maximum absolute atomic E-state index is 13.1. The molecule has 110 valence electrons. The second-order valence-electron chi connectivity index (χ2n) is 4.64. The maximum Gasteiger partial charge on any atom is 0.255 e. The molecule has 21 heavy (non-hydrogen) atoms. The molecule has 0 unspecified atom stereocenters. The van der Waals surface area contributed by atoms with Crippen LogP contribution in [0.25, 0.3) is 0 Å². The van der Waals surface area contributed by atoms with Gasteiger partial charge in [-0.2, -0.15) is 0 Å². The van der Waals surface area contributed by atoms with E-state index < -0.39 is 11.6 Å². The van der Waals surface area contributed by atoms with Crippen molar-refractivity contribution < 1.29 is 13.6 Å². The van der Waals surface area contributed by atoms with Gasteiger partial charge in [-0.3, -0.25) is 4.79 Å². The average molecular weight is 290 g/mol. The largest absolute Gasteiger partial charge is 0.385 e. The van der Waals surface area contributed by atoms with Gasteiger partial charge in [0.2, 0.25) is 0 Å². The molecule has 2 aromatic carbocycles. The highest BCUT2D eigenvalue weighted by molar-refractivity contribution is 6.05. The van der Waals surface area contributed by atoms with Gasteiger partial charge in [-0.1, -0.05) is 0 Å². The summed E-state index contributed by atoms with van der Waals surface area (Å²) in [4.78, 5) is 12.2. The number of hydrogen-bond acceptors (Lipinski definition) is 2. The van der Waals surface area contributed by atoms with Crippen LogP contribution in [0.3, 0.4) is 0 Å². The van der Waals surface area contributed by atoms with Crippen LogP contribution >= 0.6 is 0 Å². The van der Waals surface area contributed by atoms with E-state index in [-0.39, 0.29) is 11.6 Å². The minimum Gasteiger partial charge on any atom is -0.385 e. The average Bonchev–Trinajstić information content (AvgIpc) is 2.43. The number of rotatable bonds is 4. The van der Waals surface area contributed by atoms with E-state index in [0.717, 1.165) is 29.9 Å². The molecule has 0 atom stereocenters. The predicted octanol–water partition coefficient (Wildman–Crippen LogP) is 3.96. The topological polar surface area (TPSA) is 41.1 Å². The van der Waals surface area contributed by atoms with Crippen LogP contribution in [0.5, 0.6) is 0 Å². The van der Waals surface area contributed by atoms with Crippen LogP contribution in [0, 0.1) is 18.6 Å². The maximum atomic E-state index is 13.1. The summed E-state index contributed by atoms with van der Waals surface area (Å²) in [6.45, 7) is 4.60. The Labute approximate surface area is 122 Å². The minimum absolute atomic E-state index is 0.217. The van der Waals surface area contributed by atoms with Crippen LogP contribution in [-0.2, 0) is 0 Å². The molecule has 5 heteroatoms. The molecular formula is C16H16F2N2O. The van der Waals surface area contributed by atoms with Crippen LogP contribution in [0.4, 0.5) is 20.2 Å². The second-order valence-corrected chi connectivity index (χ2v) is 4.64. The second kappa shape index (κ2) is 6.35. The number of aryl methyl sites for hydroxylation is 1. The number of carbonyl (C=O) groups is 1. The Hall–Kier alpha value is -2.43. The normalized spacial score (nSPS) is 10.3. The summed E-state index contributed by atoms with van der Waals surface area (Å²) in [6.07, 6.45) is 0. The highest BCUT2D eigenvalue weighted by Gasteiger charge is 2.11. The first-order chi connectivity index (χ1) is 10.0. The zero-order valence-corrected chi connectivity index (χ0v) is 11.8. The van der Waals surface area contributed by atoms with E-state index in [1.807, 2.05) is 19.9 Å². The van der Waals surface area contributed by atoms with E-state index in [9.17, 15) is 13.6 Å². The van der Waals surface area contributed by atoms with Crippen LogP contribution in [0.1, 0.15) is 22.8 Å². The van der Waals surface area contributed by atoms with E-state index in [1.54, 1.807) is 12.1 Å². The van der Waals surface area contributed by atoms with Crippen LogP contribution in [0.15, 0.2) is 36.4 Å². The SMILES string of the molecule is CCNc1ccc(C(=O)Nc2ccc(F)c(F)c2)c(C)c1. The molecule has 0 fully saturated rings. The van der Waals surface area contributed by atoms with Crippen molar-refractivity contribution in [3.8, 4) is 0 Å². The van der Waals surface area contributed by atoms with Gasteiger partial charge in [0.05, 0.1) is 0 Å². The molecule has 0 aliphatic carbocycles. The monoisotopic (exact) mass is 290 g/mol. The lowest BCUT2D eigenvalue weighted by Crippen LogP contribution is -2.14. The third kappa shape index (κ3) is 3.56. The Balaban J connectivity index is 2.18. The van der Waals surface area contributed by atoms with E-state index in [4.69, 9.17) is 0 Å². The van der Waals surface area contributed by atoms with Crippen molar-refractivity contribution in [2.75, 3.05) is 17.2 Å². The summed E-state index contributed by atoms with van der Waals surface area (Å²) >= 11 is 0. The quantitative estimate of drug-likeness (QED) is 0.895. The van der Waals surface area contributed by atoms with Gasteiger partial charge >= 0.3 is 0 Å². The molecule has 2 N–H and O–H groups in total. The van der Waals surface area contributed by atoms with Crippen molar-refractivity contribution in [3.63, 3.8) is 0 Å². The lowest BCUT2D eigenvalue weighted by atomic mass is 10.1. The third-order valence-electron chi connectivity index (χ3n) is 3.03. The summed E-state index contributed by atoms with van der Waals surface area (Å²) < 4.78 is 26.0. The number of hydrogen-bond donors (Lipinski definition) is 2. The molecule has 0 heterocycles. The van der Waals surface area contributed by atoms with Crippen molar-refractivity contribution in [2.24, 2.45) is 0 Å². The molecule has 0 saturated carbocycles. The number of carbonyl (C=O) groups excluding carboxylic acids is 1. The molecule has 2 aromatic rings. The molecule has 0 spiro atoms.